The van der Waals surface area contributed by atoms with Crippen molar-refractivity contribution >= 4 is 11.9 Å². The summed E-state index contributed by atoms with van der Waals surface area (Å²) in [5.41, 5.74) is 1.58. The van der Waals surface area contributed by atoms with Crippen LogP contribution in [-0.4, -0.2) is 22.2 Å². The van der Waals surface area contributed by atoms with E-state index >= 15 is 0 Å². The van der Waals surface area contributed by atoms with Gasteiger partial charge in [0.2, 0.25) is 0 Å². The minimum Gasteiger partial charge on any atom is -0.478 e. The van der Waals surface area contributed by atoms with E-state index in [-0.39, 0.29) is 22.0 Å². The molecule has 0 radical (unpaired) electrons. The van der Waals surface area contributed by atoms with Crippen LogP contribution in [0, 0.1) is 0 Å². The van der Waals surface area contributed by atoms with E-state index in [9.17, 15) is 19.8 Å². The van der Waals surface area contributed by atoms with E-state index < -0.39 is 17.4 Å². The Labute approximate surface area is 177 Å². The molecule has 0 saturated carbocycles. The van der Waals surface area contributed by atoms with Crippen molar-refractivity contribution < 1.29 is 24.5 Å². The smallest absolute Gasteiger partial charge is 0.336 e. The van der Waals surface area contributed by atoms with Gasteiger partial charge < -0.3 is 14.9 Å². The zero-order chi connectivity index (χ0) is 22.8. The van der Waals surface area contributed by atoms with Crippen molar-refractivity contribution in [3.05, 3.63) is 57.6 Å². The van der Waals surface area contributed by atoms with E-state index in [2.05, 4.69) is 0 Å². The van der Waals surface area contributed by atoms with Gasteiger partial charge in [-0.2, -0.15) is 0 Å². The zero-order valence-electron chi connectivity index (χ0n) is 18.9. The number of fused-ring (bicyclic) bond motifs is 2. The van der Waals surface area contributed by atoms with Gasteiger partial charge in [-0.3, -0.25) is 0 Å². The number of benzene rings is 2. The molecule has 30 heavy (non-hydrogen) atoms. The second-order valence-corrected chi connectivity index (χ2v) is 10.6. The monoisotopic (exact) mass is 410 g/mol. The fourth-order valence-electron chi connectivity index (χ4n) is 4.13. The number of hydrogen-bond donors (Lipinski definition) is 2. The third-order valence-electron chi connectivity index (χ3n) is 5.87. The fourth-order valence-corrected chi connectivity index (χ4v) is 4.13. The first-order chi connectivity index (χ1) is 13.5. The number of hydrogen-bond acceptors (Lipinski definition) is 3. The molecule has 5 heteroatoms. The second-order valence-electron chi connectivity index (χ2n) is 10.6. The predicted molar refractivity (Wildman–Crippen MR) is 116 cm³/mol. The summed E-state index contributed by atoms with van der Waals surface area (Å²) < 4.78 is 6.24. The van der Waals surface area contributed by atoms with Gasteiger partial charge in [-0.1, -0.05) is 55.4 Å². The molecule has 160 valence electrons. The Bertz CT molecular complexity index is 979. The molecule has 2 aromatic rings. The van der Waals surface area contributed by atoms with Gasteiger partial charge in [-0.05, 0) is 46.2 Å². The van der Waals surface area contributed by atoms with Crippen molar-refractivity contribution in [1.82, 2.24) is 0 Å². The summed E-state index contributed by atoms with van der Waals surface area (Å²) in [6, 6.07) is 7.13. The van der Waals surface area contributed by atoms with Crippen LogP contribution in [0.3, 0.4) is 0 Å². The molecule has 3 rings (SSSR count). The van der Waals surface area contributed by atoms with Crippen molar-refractivity contribution in [2.24, 2.45) is 0 Å². The predicted octanol–water partition coefficient (Wildman–Crippen LogP) is 6.11. The largest absolute Gasteiger partial charge is 0.478 e. The Hall–Kier alpha value is -2.82. The quantitative estimate of drug-likeness (QED) is 0.624. The SMILES string of the molecule is CC(C)(C)c1cc2c(c(C(=O)O)c1)C(C)(C)c1c(cc(C(C)(C)C)cc1C(=O)O)O2. The Kier molecular flexibility index (Phi) is 4.81. The van der Waals surface area contributed by atoms with Crippen LogP contribution in [0.1, 0.15) is 98.4 Å². The van der Waals surface area contributed by atoms with Gasteiger partial charge in [0, 0.05) is 16.5 Å². The molecule has 0 atom stereocenters. The summed E-state index contributed by atoms with van der Waals surface area (Å²) in [6.45, 7) is 15.8. The van der Waals surface area contributed by atoms with Crippen LogP contribution in [0.2, 0.25) is 0 Å². The van der Waals surface area contributed by atoms with Crippen molar-refractivity contribution in [1.29, 1.82) is 0 Å². The zero-order valence-corrected chi connectivity index (χ0v) is 18.9. The number of aromatic carboxylic acids is 2. The Morgan fingerprint density at radius 2 is 1.07 bits per heavy atom. The first-order valence-corrected chi connectivity index (χ1v) is 10.1. The number of rotatable bonds is 2. The van der Waals surface area contributed by atoms with E-state index in [1.54, 1.807) is 12.1 Å². The van der Waals surface area contributed by atoms with Gasteiger partial charge in [0.1, 0.15) is 11.5 Å². The van der Waals surface area contributed by atoms with Gasteiger partial charge >= 0.3 is 11.9 Å². The third kappa shape index (κ3) is 3.47. The molecule has 0 amide bonds. The Balaban J connectivity index is 2.41. The number of ether oxygens (including phenoxy) is 1. The van der Waals surface area contributed by atoms with Crippen LogP contribution in [-0.2, 0) is 16.2 Å². The highest BCUT2D eigenvalue weighted by molar-refractivity contribution is 5.95. The molecule has 0 bridgehead atoms. The maximum Gasteiger partial charge on any atom is 0.336 e. The number of carboxylic acids is 2. The minimum absolute atomic E-state index is 0.143. The maximum atomic E-state index is 12.2. The molecular weight excluding hydrogens is 380 g/mol. The molecule has 0 spiro atoms. The summed E-state index contributed by atoms with van der Waals surface area (Å²) in [5, 5.41) is 19.9. The molecule has 0 aromatic heterocycles. The molecule has 1 aliphatic rings. The first-order valence-electron chi connectivity index (χ1n) is 10.1. The summed E-state index contributed by atoms with van der Waals surface area (Å²) in [4.78, 5) is 24.4. The first kappa shape index (κ1) is 21.9. The highest BCUT2D eigenvalue weighted by atomic mass is 16.5. The molecule has 1 aliphatic heterocycles. The topological polar surface area (TPSA) is 83.8 Å². The fraction of sp³-hybridized carbons (Fsp3) is 0.440. The summed E-state index contributed by atoms with van der Waals surface area (Å²) >= 11 is 0. The number of carbonyl (C=O) groups is 2. The molecule has 0 saturated heterocycles. The number of carboxylic acid groups (broad SMARTS) is 2. The molecular formula is C25H30O5. The van der Waals surface area contributed by atoms with E-state index in [1.165, 1.54) is 0 Å². The molecule has 0 unspecified atom stereocenters. The Morgan fingerprint density at radius 1 is 0.733 bits per heavy atom. The van der Waals surface area contributed by atoms with Crippen LogP contribution >= 0.6 is 0 Å². The van der Waals surface area contributed by atoms with Crippen LogP contribution in [0.5, 0.6) is 11.5 Å². The van der Waals surface area contributed by atoms with E-state index in [1.807, 2.05) is 67.5 Å². The molecule has 2 aromatic carbocycles. The molecule has 2 N–H and O–H groups in total. The lowest BCUT2D eigenvalue weighted by Gasteiger charge is -2.38. The third-order valence-corrected chi connectivity index (χ3v) is 5.87. The highest BCUT2D eigenvalue weighted by Gasteiger charge is 2.42. The van der Waals surface area contributed by atoms with Crippen LogP contribution in [0.15, 0.2) is 24.3 Å². The van der Waals surface area contributed by atoms with E-state index in [0.29, 0.717) is 22.6 Å². The van der Waals surface area contributed by atoms with Crippen molar-refractivity contribution in [3.63, 3.8) is 0 Å². The van der Waals surface area contributed by atoms with Crippen molar-refractivity contribution in [2.75, 3.05) is 0 Å². The lowest BCUT2D eigenvalue weighted by atomic mass is 9.69. The van der Waals surface area contributed by atoms with Gasteiger partial charge in [0.25, 0.3) is 0 Å². The standard InChI is InChI=1S/C25H30O5/c1-23(2,3)13-9-15(21(26)27)19-17(11-13)30-18-12-14(24(4,5)6)10-16(22(28)29)20(18)25(19,7)8/h9-12H,1-8H3,(H,26,27)(H,28,29). The summed E-state index contributed by atoms with van der Waals surface area (Å²) in [5.74, 6) is -1.17. The van der Waals surface area contributed by atoms with Crippen LogP contribution in [0.25, 0.3) is 0 Å². The summed E-state index contributed by atoms with van der Waals surface area (Å²) in [6.07, 6.45) is 0. The van der Waals surface area contributed by atoms with E-state index in [0.717, 1.165) is 11.1 Å². The van der Waals surface area contributed by atoms with Gasteiger partial charge in [-0.15, -0.1) is 0 Å². The van der Waals surface area contributed by atoms with Crippen LogP contribution in [0.4, 0.5) is 0 Å². The molecule has 0 aliphatic carbocycles. The lowest BCUT2D eigenvalue weighted by molar-refractivity contribution is 0.0686. The molecule has 0 fully saturated rings. The maximum absolute atomic E-state index is 12.2. The molecule has 1 heterocycles. The average molecular weight is 411 g/mol. The average Bonchev–Trinajstić information content (AvgIpc) is 2.57. The second kappa shape index (κ2) is 6.59. The van der Waals surface area contributed by atoms with E-state index in [4.69, 9.17) is 4.74 Å². The Morgan fingerprint density at radius 3 is 1.33 bits per heavy atom. The normalized spacial score (nSPS) is 15.1. The van der Waals surface area contributed by atoms with Crippen molar-refractivity contribution in [3.8, 4) is 11.5 Å². The summed E-state index contributed by atoms with van der Waals surface area (Å²) in [7, 11) is 0. The highest BCUT2D eigenvalue weighted by Crippen LogP contribution is 2.52. The van der Waals surface area contributed by atoms with Gasteiger partial charge in [-0.25, -0.2) is 9.59 Å². The van der Waals surface area contributed by atoms with Gasteiger partial charge in [0.15, 0.2) is 0 Å². The van der Waals surface area contributed by atoms with Crippen LogP contribution < -0.4 is 4.74 Å². The minimum atomic E-state index is -1.05. The van der Waals surface area contributed by atoms with Crippen molar-refractivity contribution in [2.45, 2.75) is 71.6 Å². The molecule has 5 nitrogen and oxygen atoms in total. The lowest BCUT2D eigenvalue weighted by Crippen LogP contribution is -2.31. The van der Waals surface area contributed by atoms with Gasteiger partial charge in [0.05, 0.1) is 11.1 Å².